The van der Waals surface area contributed by atoms with Crippen LogP contribution in [0.2, 0.25) is 0 Å². The minimum Gasteiger partial charge on any atom is -0.0828 e. The summed E-state index contributed by atoms with van der Waals surface area (Å²) in [5.74, 6) is 3.11. The van der Waals surface area contributed by atoms with Crippen LogP contribution >= 0.6 is 0 Å². The normalized spacial score (nSPS) is 19.9. The van der Waals surface area contributed by atoms with E-state index < -0.39 is 0 Å². The summed E-state index contributed by atoms with van der Waals surface area (Å²) < 4.78 is 0. The van der Waals surface area contributed by atoms with Gasteiger partial charge < -0.3 is 0 Å². The van der Waals surface area contributed by atoms with Gasteiger partial charge in [-0.1, -0.05) is 85.8 Å². The van der Waals surface area contributed by atoms with Gasteiger partial charge in [0.1, 0.15) is 0 Å². The van der Waals surface area contributed by atoms with Crippen LogP contribution < -0.4 is 0 Å². The molecular formula is C22H44. The summed E-state index contributed by atoms with van der Waals surface area (Å²) in [6, 6.07) is 0. The van der Waals surface area contributed by atoms with Crippen molar-refractivity contribution in [1.29, 1.82) is 0 Å². The third-order valence-corrected chi connectivity index (χ3v) is 6.53. The summed E-state index contributed by atoms with van der Waals surface area (Å²) in [5, 5.41) is 0. The second kappa shape index (κ2) is 10.5. The highest BCUT2D eigenvalue weighted by Gasteiger charge is 2.45. The van der Waals surface area contributed by atoms with Gasteiger partial charge in [0.2, 0.25) is 0 Å². The van der Waals surface area contributed by atoms with Crippen LogP contribution in [0.4, 0.5) is 0 Å². The van der Waals surface area contributed by atoms with Crippen LogP contribution in [-0.2, 0) is 0 Å². The summed E-state index contributed by atoms with van der Waals surface area (Å²) in [6.07, 6.45) is 10.6. The van der Waals surface area contributed by atoms with Gasteiger partial charge in [-0.3, -0.25) is 0 Å². The van der Waals surface area contributed by atoms with E-state index in [1.54, 1.807) is 0 Å². The fourth-order valence-corrected chi connectivity index (χ4v) is 5.03. The molecule has 0 aromatic heterocycles. The van der Waals surface area contributed by atoms with E-state index in [1.807, 2.05) is 0 Å². The maximum absolute atomic E-state index is 2.54. The molecule has 0 amide bonds. The molecule has 0 aliphatic heterocycles. The van der Waals surface area contributed by atoms with Gasteiger partial charge in [0.15, 0.2) is 0 Å². The number of allylic oxidation sites excluding steroid dienone is 2. The fourth-order valence-electron chi connectivity index (χ4n) is 5.03. The second-order valence-electron chi connectivity index (χ2n) is 7.91. The first-order valence-electron chi connectivity index (χ1n) is 9.96. The van der Waals surface area contributed by atoms with Gasteiger partial charge in [0, 0.05) is 0 Å². The molecule has 0 radical (unpaired) electrons. The molecule has 0 N–H and O–H groups in total. The Bertz CT molecular complexity index is 310. The predicted octanol–water partition coefficient (Wildman–Crippen LogP) is 7.88. The quantitative estimate of drug-likeness (QED) is 0.340. The maximum atomic E-state index is 2.54. The molecule has 0 heteroatoms. The average molecular weight is 309 g/mol. The Labute approximate surface area is 142 Å². The Morgan fingerprint density at radius 3 is 1.91 bits per heavy atom. The molecule has 0 heterocycles. The maximum Gasteiger partial charge on any atom is -0.0215 e. The van der Waals surface area contributed by atoms with Crippen molar-refractivity contribution in [3.05, 3.63) is 11.6 Å². The van der Waals surface area contributed by atoms with Gasteiger partial charge in [-0.2, -0.15) is 0 Å². The van der Waals surface area contributed by atoms with E-state index in [0.717, 1.165) is 17.8 Å². The minimum atomic E-state index is 0.490. The third-order valence-electron chi connectivity index (χ3n) is 6.53. The van der Waals surface area contributed by atoms with Crippen molar-refractivity contribution >= 4 is 0 Å². The van der Waals surface area contributed by atoms with Crippen molar-refractivity contribution in [3.63, 3.8) is 0 Å². The summed E-state index contributed by atoms with van der Waals surface area (Å²) in [6.45, 7) is 21.6. The molecule has 5 unspecified atom stereocenters. The molecule has 132 valence electrons. The first-order valence-corrected chi connectivity index (χ1v) is 9.96. The van der Waals surface area contributed by atoms with E-state index in [-0.39, 0.29) is 0 Å². The third kappa shape index (κ3) is 5.14. The van der Waals surface area contributed by atoms with Gasteiger partial charge in [0.05, 0.1) is 0 Å². The smallest absolute Gasteiger partial charge is 0.0215 e. The summed E-state index contributed by atoms with van der Waals surface area (Å²) >= 11 is 0. The Kier molecular flexibility index (Phi) is 10.4. The zero-order valence-corrected chi connectivity index (χ0v) is 17.1. The van der Waals surface area contributed by atoms with E-state index in [4.69, 9.17) is 0 Å². The molecule has 0 spiro atoms. The van der Waals surface area contributed by atoms with Crippen LogP contribution in [0.5, 0.6) is 0 Å². The Morgan fingerprint density at radius 2 is 1.55 bits per heavy atom. The van der Waals surface area contributed by atoms with E-state index >= 15 is 0 Å². The number of hydrogen-bond acceptors (Lipinski definition) is 0. The van der Waals surface area contributed by atoms with Crippen LogP contribution in [0, 0.1) is 29.1 Å². The lowest BCUT2D eigenvalue weighted by atomic mass is 9.54. The molecule has 0 fully saturated rings. The SMILES string of the molecule is CCCCC(CC)C(CC)(C(C)CC)C(C)C(C)C=C(C)C. The molecule has 22 heavy (non-hydrogen) atoms. The lowest BCUT2D eigenvalue weighted by Crippen LogP contribution is -2.44. The van der Waals surface area contributed by atoms with Gasteiger partial charge in [-0.05, 0) is 55.8 Å². The monoisotopic (exact) mass is 308 g/mol. The highest BCUT2D eigenvalue weighted by Crippen LogP contribution is 2.52. The Hall–Kier alpha value is -0.260. The van der Waals surface area contributed by atoms with Crippen LogP contribution in [0.15, 0.2) is 11.6 Å². The van der Waals surface area contributed by atoms with E-state index in [0.29, 0.717) is 11.3 Å². The Balaban J connectivity index is 5.69. The average Bonchev–Trinajstić information content (AvgIpc) is 2.49. The van der Waals surface area contributed by atoms with Crippen molar-refractivity contribution in [3.8, 4) is 0 Å². The highest BCUT2D eigenvalue weighted by atomic mass is 14.5. The fraction of sp³-hybridized carbons (Fsp3) is 0.909. The van der Waals surface area contributed by atoms with Gasteiger partial charge in [0.25, 0.3) is 0 Å². The first kappa shape index (κ1) is 21.7. The van der Waals surface area contributed by atoms with Gasteiger partial charge in [-0.25, -0.2) is 0 Å². The predicted molar refractivity (Wildman–Crippen MR) is 103 cm³/mol. The number of rotatable bonds is 11. The zero-order valence-electron chi connectivity index (χ0n) is 17.1. The number of hydrogen-bond donors (Lipinski definition) is 0. The zero-order chi connectivity index (χ0) is 17.3. The van der Waals surface area contributed by atoms with Crippen LogP contribution in [0.25, 0.3) is 0 Å². The standard InChI is InChI=1S/C22H44/c1-10-14-15-21(12-3)22(13-4,19(8)11-2)20(9)18(7)16-17(5)6/h16,18-21H,10-15H2,1-9H3. The van der Waals surface area contributed by atoms with Crippen molar-refractivity contribution in [2.45, 2.75) is 101 Å². The molecule has 0 saturated heterocycles. The van der Waals surface area contributed by atoms with E-state index in [9.17, 15) is 0 Å². The summed E-state index contributed by atoms with van der Waals surface area (Å²) in [5.41, 5.74) is 1.96. The molecule has 0 rings (SSSR count). The molecule has 0 aromatic carbocycles. The van der Waals surface area contributed by atoms with E-state index in [2.05, 4.69) is 68.4 Å². The molecule has 0 nitrogen and oxygen atoms in total. The van der Waals surface area contributed by atoms with Crippen molar-refractivity contribution < 1.29 is 0 Å². The molecule has 0 aliphatic rings. The first-order chi connectivity index (χ1) is 10.3. The second-order valence-corrected chi connectivity index (χ2v) is 7.91. The van der Waals surface area contributed by atoms with Crippen molar-refractivity contribution in [2.24, 2.45) is 29.1 Å². The molecular weight excluding hydrogens is 264 g/mol. The Morgan fingerprint density at radius 1 is 0.955 bits per heavy atom. The lowest BCUT2D eigenvalue weighted by molar-refractivity contribution is -0.0155. The highest BCUT2D eigenvalue weighted by molar-refractivity contribution is 5.03. The lowest BCUT2D eigenvalue weighted by Gasteiger charge is -2.51. The van der Waals surface area contributed by atoms with Crippen LogP contribution in [0.1, 0.15) is 101 Å². The topological polar surface area (TPSA) is 0 Å². The largest absolute Gasteiger partial charge is 0.0828 e. The summed E-state index contributed by atoms with van der Waals surface area (Å²) in [4.78, 5) is 0. The van der Waals surface area contributed by atoms with Crippen LogP contribution in [0.3, 0.4) is 0 Å². The van der Waals surface area contributed by atoms with Crippen molar-refractivity contribution in [2.75, 3.05) is 0 Å². The minimum absolute atomic E-state index is 0.490. The van der Waals surface area contributed by atoms with Crippen LogP contribution in [-0.4, -0.2) is 0 Å². The summed E-state index contributed by atoms with van der Waals surface area (Å²) in [7, 11) is 0. The number of unbranched alkanes of at least 4 members (excludes halogenated alkanes) is 1. The molecule has 5 atom stereocenters. The van der Waals surface area contributed by atoms with E-state index in [1.165, 1.54) is 44.1 Å². The molecule has 0 saturated carbocycles. The molecule has 0 bridgehead atoms. The van der Waals surface area contributed by atoms with Crippen molar-refractivity contribution in [1.82, 2.24) is 0 Å². The molecule has 0 aliphatic carbocycles. The van der Waals surface area contributed by atoms with Gasteiger partial charge >= 0.3 is 0 Å². The van der Waals surface area contributed by atoms with Gasteiger partial charge in [-0.15, -0.1) is 0 Å². The molecule has 0 aromatic rings.